The molecule has 26 heavy (non-hydrogen) atoms. The van der Waals surface area contributed by atoms with E-state index in [0.717, 1.165) is 51.6 Å². The zero-order valence-corrected chi connectivity index (χ0v) is 17.3. The fourth-order valence-corrected chi connectivity index (χ4v) is 4.85. The topological polar surface area (TPSA) is 58.1 Å². The number of guanidine groups is 1. The Morgan fingerprint density at radius 2 is 1.96 bits per heavy atom. The molecular weight excluding hydrogens is 328 g/mol. The molecule has 1 aliphatic carbocycles. The van der Waals surface area contributed by atoms with Crippen molar-refractivity contribution in [2.24, 2.45) is 16.3 Å². The molecule has 2 N–H and O–H groups in total. The van der Waals surface area contributed by atoms with Gasteiger partial charge >= 0.3 is 0 Å². The molecule has 2 saturated heterocycles. The average molecular weight is 367 g/mol. The van der Waals surface area contributed by atoms with Crippen molar-refractivity contribution < 1.29 is 9.47 Å². The number of rotatable bonds is 6. The van der Waals surface area contributed by atoms with Gasteiger partial charge in [0, 0.05) is 56.7 Å². The summed E-state index contributed by atoms with van der Waals surface area (Å²) >= 11 is 0. The number of hydrogen-bond donors (Lipinski definition) is 2. The standard InChI is InChI=1S/C20H38N4O2/c1-14(2)25-13-11-24-9-6-15(7-10-24)22-19(21-5)23-17-16-8-12-26-18(16)20(17,3)4/h14-18H,6-13H2,1-5H3,(H2,21,22,23). The highest BCUT2D eigenvalue weighted by molar-refractivity contribution is 5.80. The van der Waals surface area contributed by atoms with Gasteiger partial charge in [-0.3, -0.25) is 4.99 Å². The normalized spacial score (nSPS) is 32.4. The molecule has 3 aliphatic rings. The predicted octanol–water partition coefficient (Wildman–Crippen LogP) is 1.85. The van der Waals surface area contributed by atoms with Gasteiger partial charge in [0.25, 0.3) is 0 Å². The van der Waals surface area contributed by atoms with E-state index >= 15 is 0 Å². The summed E-state index contributed by atoms with van der Waals surface area (Å²) in [4.78, 5) is 7.00. The van der Waals surface area contributed by atoms with E-state index in [-0.39, 0.29) is 5.41 Å². The molecule has 0 spiro atoms. The van der Waals surface area contributed by atoms with E-state index < -0.39 is 0 Å². The molecule has 0 aromatic carbocycles. The third-order valence-corrected chi connectivity index (χ3v) is 6.40. The second-order valence-electron chi connectivity index (χ2n) is 8.94. The Morgan fingerprint density at radius 3 is 2.62 bits per heavy atom. The number of hydrogen-bond acceptors (Lipinski definition) is 4. The molecule has 3 rings (SSSR count). The second kappa shape index (κ2) is 8.44. The fourth-order valence-electron chi connectivity index (χ4n) is 4.85. The van der Waals surface area contributed by atoms with Crippen molar-refractivity contribution >= 4 is 5.96 Å². The van der Waals surface area contributed by atoms with Gasteiger partial charge in [-0.1, -0.05) is 13.8 Å². The Morgan fingerprint density at radius 1 is 1.23 bits per heavy atom. The van der Waals surface area contributed by atoms with Crippen LogP contribution in [0.25, 0.3) is 0 Å². The lowest BCUT2D eigenvalue weighted by Crippen LogP contribution is -2.68. The summed E-state index contributed by atoms with van der Waals surface area (Å²) in [5.41, 5.74) is 0.179. The van der Waals surface area contributed by atoms with Crippen LogP contribution in [-0.2, 0) is 9.47 Å². The number of aliphatic imine (C=N–C) groups is 1. The summed E-state index contributed by atoms with van der Waals surface area (Å²) in [7, 11) is 1.88. The van der Waals surface area contributed by atoms with Crippen molar-refractivity contribution in [3.8, 4) is 0 Å². The van der Waals surface area contributed by atoms with E-state index in [4.69, 9.17) is 9.47 Å². The van der Waals surface area contributed by atoms with E-state index in [1.54, 1.807) is 0 Å². The highest BCUT2D eigenvalue weighted by Crippen LogP contribution is 2.52. The predicted molar refractivity (Wildman–Crippen MR) is 106 cm³/mol. The lowest BCUT2D eigenvalue weighted by Gasteiger charge is -2.55. The van der Waals surface area contributed by atoms with Gasteiger partial charge in [0.1, 0.15) is 0 Å². The first kappa shape index (κ1) is 19.9. The minimum Gasteiger partial charge on any atom is -0.377 e. The van der Waals surface area contributed by atoms with Gasteiger partial charge in [0.05, 0.1) is 18.8 Å². The van der Waals surface area contributed by atoms with E-state index in [1.807, 2.05) is 7.05 Å². The van der Waals surface area contributed by atoms with Crippen LogP contribution in [0, 0.1) is 11.3 Å². The zero-order valence-electron chi connectivity index (χ0n) is 17.3. The Balaban J connectivity index is 1.41. The number of piperidine rings is 1. The smallest absolute Gasteiger partial charge is 0.191 e. The Labute approximate surface area is 159 Å². The number of ether oxygens (including phenoxy) is 2. The van der Waals surface area contributed by atoms with Crippen molar-refractivity contribution in [3.63, 3.8) is 0 Å². The Hall–Kier alpha value is -0.850. The van der Waals surface area contributed by atoms with Crippen molar-refractivity contribution in [2.75, 3.05) is 39.9 Å². The van der Waals surface area contributed by atoms with Crippen LogP contribution in [0.15, 0.2) is 4.99 Å². The summed E-state index contributed by atoms with van der Waals surface area (Å²) < 4.78 is 11.6. The maximum absolute atomic E-state index is 5.91. The highest BCUT2D eigenvalue weighted by Gasteiger charge is 2.59. The van der Waals surface area contributed by atoms with Crippen molar-refractivity contribution in [1.29, 1.82) is 0 Å². The Bertz CT molecular complexity index is 486. The molecule has 0 amide bonds. The Kier molecular flexibility index (Phi) is 6.46. The number of fused-ring (bicyclic) bond motifs is 1. The van der Waals surface area contributed by atoms with Crippen LogP contribution in [0.2, 0.25) is 0 Å². The molecule has 0 aromatic rings. The van der Waals surface area contributed by atoms with E-state index in [1.165, 1.54) is 6.42 Å². The second-order valence-corrected chi connectivity index (χ2v) is 8.94. The highest BCUT2D eigenvalue weighted by atomic mass is 16.5. The molecule has 2 aliphatic heterocycles. The van der Waals surface area contributed by atoms with Crippen LogP contribution < -0.4 is 10.6 Å². The monoisotopic (exact) mass is 366 g/mol. The van der Waals surface area contributed by atoms with Gasteiger partial charge in [-0.25, -0.2) is 0 Å². The zero-order chi connectivity index (χ0) is 18.7. The molecule has 0 radical (unpaired) electrons. The lowest BCUT2D eigenvalue weighted by molar-refractivity contribution is -0.106. The summed E-state index contributed by atoms with van der Waals surface area (Å²) in [6.07, 6.45) is 4.22. The molecule has 6 nitrogen and oxygen atoms in total. The first-order chi connectivity index (χ1) is 12.4. The molecule has 150 valence electrons. The van der Waals surface area contributed by atoms with Crippen molar-refractivity contribution in [2.45, 2.75) is 71.2 Å². The van der Waals surface area contributed by atoms with E-state index in [0.29, 0.717) is 30.2 Å². The fraction of sp³-hybridized carbons (Fsp3) is 0.950. The summed E-state index contributed by atoms with van der Waals surface area (Å²) in [5, 5.41) is 7.35. The number of likely N-dealkylation sites (tertiary alicyclic amines) is 1. The first-order valence-corrected chi connectivity index (χ1v) is 10.4. The van der Waals surface area contributed by atoms with Gasteiger partial charge in [0.15, 0.2) is 5.96 Å². The van der Waals surface area contributed by atoms with Crippen molar-refractivity contribution in [3.05, 3.63) is 0 Å². The van der Waals surface area contributed by atoms with Crippen LogP contribution >= 0.6 is 0 Å². The molecule has 0 bridgehead atoms. The van der Waals surface area contributed by atoms with Gasteiger partial charge < -0.3 is 25.0 Å². The maximum atomic E-state index is 5.91. The molecule has 3 unspecified atom stereocenters. The lowest BCUT2D eigenvalue weighted by atomic mass is 9.57. The summed E-state index contributed by atoms with van der Waals surface area (Å²) in [6, 6.07) is 0.955. The summed E-state index contributed by atoms with van der Waals surface area (Å²) in [6.45, 7) is 13.8. The molecule has 2 heterocycles. The minimum absolute atomic E-state index is 0.179. The van der Waals surface area contributed by atoms with Gasteiger partial charge in [-0.2, -0.15) is 0 Å². The molecule has 0 aromatic heterocycles. The van der Waals surface area contributed by atoms with Crippen LogP contribution in [0.1, 0.15) is 47.0 Å². The minimum atomic E-state index is 0.179. The molecule has 1 saturated carbocycles. The van der Waals surface area contributed by atoms with Gasteiger partial charge in [0.2, 0.25) is 0 Å². The quantitative estimate of drug-likeness (QED) is 0.555. The first-order valence-electron chi connectivity index (χ1n) is 10.4. The SMILES string of the molecule is CN=C(NC1CCN(CCOC(C)C)CC1)NC1C2CCOC2C1(C)C. The van der Waals surface area contributed by atoms with Crippen LogP contribution in [0.4, 0.5) is 0 Å². The number of nitrogens with one attached hydrogen (secondary N) is 2. The van der Waals surface area contributed by atoms with E-state index in [9.17, 15) is 0 Å². The van der Waals surface area contributed by atoms with Crippen LogP contribution in [-0.4, -0.2) is 75.0 Å². The van der Waals surface area contributed by atoms with Crippen LogP contribution in [0.5, 0.6) is 0 Å². The average Bonchev–Trinajstić information content (AvgIpc) is 3.06. The van der Waals surface area contributed by atoms with Crippen molar-refractivity contribution in [1.82, 2.24) is 15.5 Å². The molecule has 3 atom stereocenters. The largest absolute Gasteiger partial charge is 0.377 e. The summed E-state index contributed by atoms with van der Waals surface area (Å²) in [5.74, 6) is 1.58. The number of nitrogens with zero attached hydrogens (tertiary/aromatic N) is 2. The molecular formula is C20H38N4O2. The molecule has 3 fully saturated rings. The van der Waals surface area contributed by atoms with Crippen LogP contribution in [0.3, 0.4) is 0 Å². The van der Waals surface area contributed by atoms with Gasteiger partial charge in [-0.15, -0.1) is 0 Å². The van der Waals surface area contributed by atoms with Gasteiger partial charge in [-0.05, 0) is 33.1 Å². The van der Waals surface area contributed by atoms with E-state index in [2.05, 4.69) is 48.2 Å². The maximum Gasteiger partial charge on any atom is 0.191 e. The molecule has 6 heteroatoms. The third kappa shape index (κ3) is 4.34. The third-order valence-electron chi connectivity index (χ3n) is 6.40.